The van der Waals surface area contributed by atoms with Crippen LogP contribution in [0.5, 0.6) is 0 Å². The van der Waals surface area contributed by atoms with Gasteiger partial charge in [0.05, 0.1) is 6.54 Å². The van der Waals surface area contributed by atoms with E-state index in [1.165, 1.54) is 5.69 Å². The molecule has 2 aromatic heterocycles. The standard InChI is InChI=1S/C21H22BrN3O2/c1-3-24(4-2)17-10-8-16(9-11-17)15-25(20-7-5-6-14-23-20)21(26)18-12-13-19(22)27-18/h5-14H,3-4,15H2,1-2H3. The number of pyridine rings is 1. The van der Waals surface area contributed by atoms with Gasteiger partial charge in [-0.15, -0.1) is 0 Å². The molecule has 0 N–H and O–H groups in total. The van der Waals surface area contributed by atoms with Crippen molar-refractivity contribution >= 4 is 33.3 Å². The number of anilines is 2. The molecule has 3 aromatic rings. The first-order valence-corrected chi connectivity index (χ1v) is 9.73. The molecule has 3 rings (SSSR count). The minimum Gasteiger partial charge on any atom is -0.444 e. The average molecular weight is 428 g/mol. The molecule has 0 aliphatic carbocycles. The fraction of sp³-hybridized carbons (Fsp3) is 0.238. The zero-order valence-corrected chi connectivity index (χ0v) is 17.0. The summed E-state index contributed by atoms with van der Waals surface area (Å²) in [6.07, 6.45) is 1.68. The van der Waals surface area contributed by atoms with Gasteiger partial charge in [-0.05, 0) is 71.7 Å². The van der Waals surface area contributed by atoms with Crippen molar-refractivity contribution in [2.24, 2.45) is 0 Å². The highest BCUT2D eigenvalue weighted by atomic mass is 79.9. The molecule has 0 saturated heterocycles. The third-order valence-corrected chi connectivity index (χ3v) is 4.79. The highest BCUT2D eigenvalue weighted by molar-refractivity contribution is 9.10. The molecule has 0 radical (unpaired) electrons. The van der Waals surface area contributed by atoms with Crippen molar-refractivity contribution in [2.45, 2.75) is 20.4 Å². The molecule has 0 aliphatic heterocycles. The summed E-state index contributed by atoms with van der Waals surface area (Å²) in [7, 11) is 0. The van der Waals surface area contributed by atoms with Gasteiger partial charge in [0.1, 0.15) is 5.82 Å². The first kappa shape index (κ1) is 19.2. The number of halogens is 1. The Bertz CT molecular complexity index is 874. The third kappa shape index (κ3) is 4.57. The van der Waals surface area contributed by atoms with Crippen LogP contribution in [0.4, 0.5) is 11.5 Å². The van der Waals surface area contributed by atoms with Crippen LogP contribution in [0.2, 0.25) is 0 Å². The number of hydrogen-bond acceptors (Lipinski definition) is 4. The van der Waals surface area contributed by atoms with Crippen molar-refractivity contribution < 1.29 is 9.21 Å². The lowest BCUT2D eigenvalue weighted by molar-refractivity contribution is 0.0956. The van der Waals surface area contributed by atoms with Crippen molar-refractivity contribution in [1.29, 1.82) is 0 Å². The van der Waals surface area contributed by atoms with Gasteiger partial charge in [-0.1, -0.05) is 18.2 Å². The predicted molar refractivity (Wildman–Crippen MR) is 111 cm³/mol. The SMILES string of the molecule is CCN(CC)c1ccc(CN(C(=O)c2ccc(Br)o2)c2ccccn2)cc1. The number of amides is 1. The predicted octanol–water partition coefficient (Wildman–Crippen LogP) is 5.13. The number of benzene rings is 1. The molecule has 1 aromatic carbocycles. The smallest absolute Gasteiger partial charge is 0.295 e. The average Bonchev–Trinajstić information content (AvgIpc) is 3.15. The Labute approximate surface area is 167 Å². The Balaban J connectivity index is 1.87. The molecule has 27 heavy (non-hydrogen) atoms. The Morgan fingerprint density at radius 3 is 2.33 bits per heavy atom. The van der Waals surface area contributed by atoms with E-state index in [0.29, 0.717) is 17.0 Å². The summed E-state index contributed by atoms with van der Waals surface area (Å²) in [5.74, 6) is 0.627. The van der Waals surface area contributed by atoms with E-state index in [1.807, 2.05) is 18.2 Å². The van der Waals surface area contributed by atoms with Crippen LogP contribution >= 0.6 is 15.9 Å². The maximum absolute atomic E-state index is 13.0. The van der Waals surface area contributed by atoms with Crippen LogP contribution in [0, 0.1) is 0 Å². The molecule has 2 heterocycles. The number of hydrogen-bond donors (Lipinski definition) is 0. The highest BCUT2D eigenvalue weighted by Gasteiger charge is 2.22. The fourth-order valence-corrected chi connectivity index (χ4v) is 3.22. The summed E-state index contributed by atoms with van der Waals surface area (Å²) >= 11 is 3.25. The number of carbonyl (C=O) groups is 1. The van der Waals surface area contributed by atoms with Crippen molar-refractivity contribution in [3.63, 3.8) is 0 Å². The van der Waals surface area contributed by atoms with E-state index in [4.69, 9.17) is 4.42 Å². The van der Waals surface area contributed by atoms with Crippen molar-refractivity contribution in [3.8, 4) is 0 Å². The zero-order valence-electron chi connectivity index (χ0n) is 15.4. The lowest BCUT2D eigenvalue weighted by Gasteiger charge is -2.23. The maximum Gasteiger partial charge on any atom is 0.295 e. The van der Waals surface area contributed by atoms with E-state index >= 15 is 0 Å². The first-order chi connectivity index (χ1) is 13.1. The van der Waals surface area contributed by atoms with Crippen LogP contribution in [0.1, 0.15) is 30.0 Å². The molecule has 0 spiro atoms. The van der Waals surface area contributed by atoms with E-state index in [1.54, 1.807) is 23.2 Å². The number of carbonyl (C=O) groups excluding carboxylic acids is 1. The molecule has 0 saturated carbocycles. The van der Waals surface area contributed by atoms with Gasteiger partial charge < -0.3 is 9.32 Å². The number of aromatic nitrogens is 1. The molecule has 1 amide bonds. The summed E-state index contributed by atoms with van der Waals surface area (Å²) in [4.78, 5) is 21.2. The zero-order chi connectivity index (χ0) is 19.2. The Morgan fingerprint density at radius 1 is 1.04 bits per heavy atom. The van der Waals surface area contributed by atoms with Crippen LogP contribution in [0.25, 0.3) is 0 Å². The second-order valence-corrected chi connectivity index (χ2v) is 6.80. The second kappa shape index (κ2) is 8.86. The van der Waals surface area contributed by atoms with Crippen LogP contribution < -0.4 is 9.80 Å². The minimum absolute atomic E-state index is 0.229. The van der Waals surface area contributed by atoms with Crippen molar-refractivity contribution in [1.82, 2.24) is 4.98 Å². The lowest BCUT2D eigenvalue weighted by atomic mass is 10.1. The molecule has 0 fully saturated rings. The topological polar surface area (TPSA) is 49.6 Å². The van der Waals surface area contributed by atoms with Gasteiger partial charge in [0.2, 0.25) is 0 Å². The van der Waals surface area contributed by atoms with Gasteiger partial charge in [-0.25, -0.2) is 4.98 Å². The Kier molecular flexibility index (Phi) is 6.29. The second-order valence-electron chi connectivity index (χ2n) is 6.02. The number of nitrogens with zero attached hydrogens (tertiary/aromatic N) is 3. The van der Waals surface area contributed by atoms with Gasteiger partial charge in [-0.2, -0.15) is 0 Å². The minimum atomic E-state index is -0.229. The number of furan rings is 1. The molecule has 140 valence electrons. The van der Waals surface area contributed by atoms with Gasteiger partial charge >= 0.3 is 0 Å². The highest BCUT2D eigenvalue weighted by Crippen LogP contribution is 2.22. The summed E-state index contributed by atoms with van der Waals surface area (Å²) in [6, 6.07) is 17.2. The normalized spacial score (nSPS) is 10.6. The number of rotatable bonds is 7. The summed E-state index contributed by atoms with van der Waals surface area (Å²) < 4.78 is 5.98. The largest absolute Gasteiger partial charge is 0.444 e. The molecule has 0 unspecified atom stereocenters. The Hall–Kier alpha value is -2.60. The van der Waals surface area contributed by atoms with Gasteiger partial charge in [-0.3, -0.25) is 9.69 Å². The fourth-order valence-electron chi connectivity index (χ4n) is 2.92. The lowest BCUT2D eigenvalue weighted by Crippen LogP contribution is -2.31. The van der Waals surface area contributed by atoms with E-state index in [2.05, 4.69) is 63.9 Å². The van der Waals surface area contributed by atoms with Crippen LogP contribution in [-0.2, 0) is 6.54 Å². The molecule has 0 aliphatic rings. The maximum atomic E-state index is 13.0. The van der Waals surface area contributed by atoms with Crippen molar-refractivity contribution in [3.05, 3.63) is 76.8 Å². The quantitative estimate of drug-likeness (QED) is 0.524. The summed E-state index contributed by atoms with van der Waals surface area (Å²) in [5.41, 5.74) is 2.20. The van der Waals surface area contributed by atoms with E-state index in [0.717, 1.165) is 18.7 Å². The van der Waals surface area contributed by atoms with Gasteiger partial charge in [0.15, 0.2) is 10.4 Å². The van der Waals surface area contributed by atoms with E-state index in [-0.39, 0.29) is 11.7 Å². The van der Waals surface area contributed by atoms with Crippen LogP contribution in [0.15, 0.2) is 69.9 Å². The molecule has 0 bridgehead atoms. The molecule has 6 heteroatoms. The van der Waals surface area contributed by atoms with Crippen LogP contribution in [-0.4, -0.2) is 24.0 Å². The van der Waals surface area contributed by atoms with Crippen LogP contribution in [0.3, 0.4) is 0 Å². The van der Waals surface area contributed by atoms with Gasteiger partial charge in [0.25, 0.3) is 5.91 Å². The van der Waals surface area contributed by atoms with E-state index < -0.39 is 0 Å². The Morgan fingerprint density at radius 2 is 1.78 bits per heavy atom. The van der Waals surface area contributed by atoms with Gasteiger partial charge in [0, 0.05) is 25.0 Å². The first-order valence-electron chi connectivity index (χ1n) is 8.94. The summed E-state index contributed by atoms with van der Waals surface area (Å²) in [6.45, 7) is 6.61. The summed E-state index contributed by atoms with van der Waals surface area (Å²) in [5, 5.41) is 0. The van der Waals surface area contributed by atoms with Crippen molar-refractivity contribution in [2.75, 3.05) is 22.9 Å². The third-order valence-electron chi connectivity index (χ3n) is 4.36. The molecular formula is C21H22BrN3O2. The molecular weight excluding hydrogens is 406 g/mol. The molecule has 0 atom stereocenters. The van der Waals surface area contributed by atoms with E-state index in [9.17, 15) is 4.79 Å². The molecule has 5 nitrogen and oxygen atoms in total. The monoisotopic (exact) mass is 427 g/mol.